The van der Waals surface area contributed by atoms with Crippen LogP contribution in [0.4, 0.5) is 0 Å². The van der Waals surface area contributed by atoms with Crippen molar-refractivity contribution in [3.63, 3.8) is 0 Å². The molecule has 1 amide bonds. The van der Waals surface area contributed by atoms with Gasteiger partial charge in [0, 0.05) is 25.6 Å². The van der Waals surface area contributed by atoms with Gasteiger partial charge in [-0.1, -0.05) is 0 Å². The van der Waals surface area contributed by atoms with E-state index in [2.05, 4.69) is 0 Å². The average molecular weight is 264 g/mol. The summed E-state index contributed by atoms with van der Waals surface area (Å²) >= 11 is 0. The van der Waals surface area contributed by atoms with E-state index in [0.29, 0.717) is 23.7 Å². The molecule has 4 aliphatic rings. The van der Waals surface area contributed by atoms with Crippen LogP contribution in [0.1, 0.15) is 45.4 Å². The summed E-state index contributed by atoms with van der Waals surface area (Å²) in [4.78, 5) is 14.7. The minimum atomic E-state index is 0.189. The number of hydrogen-bond donors (Lipinski definition) is 1. The third kappa shape index (κ3) is 2.54. The topological polar surface area (TPSA) is 46.3 Å². The molecule has 0 aromatic carbocycles. The van der Waals surface area contributed by atoms with E-state index in [4.69, 9.17) is 5.73 Å². The van der Waals surface area contributed by atoms with E-state index in [1.54, 1.807) is 0 Å². The van der Waals surface area contributed by atoms with Crippen LogP contribution in [0, 0.1) is 29.6 Å². The van der Waals surface area contributed by atoms with Gasteiger partial charge in [0.2, 0.25) is 5.91 Å². The van der Waals surface area contributed by atoms with Crippen molar-refractivity contribution in [1.82, 2.24) is 4.90 Å². The maximum atomic E-state index is 12.7. The molecular weight excluding hydrogens is 236 g/mol. The Kier molecular flexibility index (Phi) is 3.59. The average Bonchev–Trinajstić information content (AvgIpc) is 2.34. The number of rotatable bonds is 4. The SMILES string of the molecule is CC(N)CCN(C)C(=O)C1C2CC3CC(C2)CC1C3. The number of amides is 1. The van der Waals surface area contributed by atoms with Crippen molar-refractivity contribution in [2.45, 2.75) is 51.5 Å². The molecule has 0 aromatic rings. The summed E-state index contributed by atoms with van der Waals surface area (Å²) in [5.74, 6) is 4.03. The second kappa shape index (κ2) is 5.08. The van der Waals surface area contributed by atoms with Crippen LogP contribution in [-0.4, -0.2) is 30.4 Å². The number of hydrogen-bond acceptors (Lipinski definition) is 2. The smallest absolute Gasteiger partial charge is 0.225 e. The molecule has 4 saturated carbocycles. The summed E-state index contributed by atoms with van der Waals surface area (Å²) < 4.78 is 0. The molecule has 4 aliphatic carbocycles. The molecule has 0 heterocycles. The summed E-state index contributed by atoms with van der Waals surface area (Å²) in [6.07, 6.45) is 7.66. The molecule has 1 unspecified atom stereocenters. The molecule has 1 atom stereocenters. The fraction of sp³-hybridized carbons (Fsp3) is 0.938. The predicted octanol–water partition coefficient (Wildman–Crippen LogP) is 2.25. The van der Waals surface area contributed by atoms with Gasteiger partial charge in [-0.15, -0.1) is 0 Å². The second-order valence-corrected chi connectivity index (χ2v) is 7.48. The van der Waals surface area contributed by atoms with Gasteiger partial charge in [-0.25, -0.2) is 0 Å². The maximum absolute atomic E-state index is 12.7. The Morgan fingerprint density at radius 3 is 2.16 bits per heavy atom. The summed E-state index contributed by atoms with van der Waals surface area (Å²) in [5, 5.41) is 0. The normalized spacial score (nSPS) is 41.3. The summed E-state index contributed by atoms with van der Waals surface area (Å²) in [6, 6.07) is 0.189. The third-order valence-corrected chi connectivity index (χ3v) is 5.81. The number of nitrogens with two attached hydrogens (primary N) is 1. The Labute approximate surface area is 116 Å². The number of nitrogens with zero attached hydrogens (tertiary/aromatic N) is 1. The first-order valence-corrected chi connectivity index (χ1v) is 8.05. The number of carbonyl (C=O) groups is 1. The molecule has 4 fully saturated rings. The van der Waals surface area contributed by atoms with Crippen LogP contribution in [0.15, 0.2) is 0 Å². The summed E-state index contributed by atoms with van der Waals surface area (Å²) in [6.45, 7) is 2.83. The molecule has 0 saturated heterocycles. The predicted molar refractivity (Wildman–Crippen MR) is 76.4 cm³/mol. The lowest BCUT2D eigenvalue weighted by atomic mass is 9.51. The van der Waals surface area contributed by atoms with Gasteiger partial charge in [0.1, 0.15) is 0 Å². The Bertz CT molecular complexity index is 325. The zero-order valence-electron chi connectivity index (χ0n) is 12.3. The van der Waals surface area contributed by atoms with E-state index >= 15 is 0 Å². The van der Waals surface area contributed by atoms with Gasteiger partial charge in [0.25, 0.3) is 0 Å². The molecule has 3 nitrogen and oxygen atoms in total. The Morgan fingerprint density at radius 2 is 1.68 bits per heavy atom. The minimum absolute atomic E-state index is 0.189. The molecule has 4 bridgehead atoms. The first-order chi connectivity index (χ1) is 9.04. The minimum Gasteiger partial charge on any atom is -0.345 e. The van der Waals surface area contributed by atoms with Crippen molar-refractivity contribution in [2.75, 3.05) is 13.6 Å². The fourth-order valence-corrected chi connectivity index (χ4v) is 5.09. The largest absolute Gasteiger partial charge is 0.345 e. The lowest BCUT2D eigenvalue weighted by molar-refractivity contribution is -0.147. The lowest BCUT2D eigenvalue weighted by Crippen LogP contribution is -2.51. The van der Waals surface area contributed by atoms with Gasteiger partial charge in [0.15, 0.2) is 0 Å². The van der Waals surface area contributed by atoms with Gasteiger partial charge < -0.3 is 10.6 Å². The standard InChI is InChI=1S/C16H28N2O/c1-10(17)3-4-18(2)16(19)15-13-6-11-5-12(8-13)9-14(15)7-11/h10-15H,3-9,17H2,1-2H3. The highest BCUT2D eigenvalue weighted by molar-refractivity contribution is 5.79. The van der Waals surface area contributed by atoms with Crippen LogP contribution in [0.3, 0.4) is 0 Å². The molecule has 4 rings (SSSR count). The zero-order chi connectivity index (χ0) is 13.6. The highest BCUT2D eigenvalue weighted by atomic mass is 16.2. The Hall–Kier alpha value is -0.570. The molecule has 2 N–H and O–H groups in total. The van der Waals surface area contributed by atoms with E-state index in [9.17, 15) is 4.79 Å². The molecule has 0 aromatic heterocycles. The second-order valence-electron chi connectivity index (χ2n) is 7.48. The molecule has 0 spiro atoms. The molecule has 0 radical (unpaired) electrons. The number of carbonyl (C=O) groups excluding carboxylic acids is 1. The molecule has 19 heavy (non-hydrogen) atoms. The summed E-state index contributed by atoms with van der Waals surface area (Å²) in [7, 11) is 1.97. The van der Waals surface area contributed by atoms with Crippen molar-refractivity contribution >= 4 is 5.91 Å². The van der Waals surface area contributed by atoms with E-state index in [1.807, 2.05) is 18.9 Å². The van der Waals surface area contributed by atoms with Gasteiger partial charge in [-0.05, 0) is 69.1 Å². The van der Waals surface area contributed by atoms with Crippen LogP contribution in [0.2, 0.25) is 0 Å². The first-order valence-electron chi connectivity index (χ1n) is 8.05. The van der Waals surface area contributed by atoms with E-state index < -0.39 is 0 Å². The molecule has 0 aliphatic heterocycles. The highest BCUT2D eigenvalue weighted by Gasteiger charge is 2.51. The van der Waals surface area contributed by atoms with Crippen LogP contribution < -0.4 is 5.73 Å². The first kappa shape index (κ1) is 13.4. The zero-order valence-corrected chi connectivity index (χ0v) is 12.3. The van der Waals surface area contributed by atoms with Gasteiger partial charge in [0.05, 0.1) is 0 Å². The van der Waals surface area contributed by atoms with E-state index in [1.165, 1.54) is 32.1 Å². The molecular formula is C16H28N2O. The van der Waals surface area contributed by atoms with Crippen molar-refractivity contribution < 1.29 is 4.79 Å². The van der Waals surface area contributed by atoms with Gasteiger partial charge in [-0.3, -0.25) is 4.79 Å². The van der Waals surface area contributed by atoms with Crippen molar-refractivity contribution in [2.24, 2.45) is 35.3 Å². The molecule has 108 valence electrons. The highest BCUT2D eigenvalue weighted by Crippen LogP contribution is 2.56. The monoisotopic (exact) mass is 264 g/mol. The van der Waals surface area contributed by atoms with Crippen LogP contribution in [0.5, 0.6) is 0 Å². The van der Waals surface area contributed by atoms with Crippen LogP contribution >= 0.6 is 0 Å². The maximum Gasteiger partial charge on any atom is 0.225 e. The van der Waals surface area contributed by atoms with Crippen molar-refractivity contribution in [3.8, 4) is 0 Å². The summed E-state index contributed by atoms with van der Waals surface area (Å²) in [5.41, 5.74) is 5.80. The third-order valence-electron chi connectivity index (χ3n) is 5.81. The van der Waals surface area contributed by atoms with Crippen LogP contribution in [0.25, 0.3) is 0 Å². The fourth-order valence-electron chi connectivity index (χ4n) is 5.09. The lowest BCUT2D eigenvalue weighted by Gasteiger charge is -2.54. The van der Waals surface area contributed by atoms with Gasteiger partial charge >= 0.3 is 0 Å². The van der Waals surface area contributed by atoms with E-state index in [-0.39, 0.29) is 6.04 Å². The van der Waals surface area contributed by atoms with Crippen molar-refractivity contribution in [1.29, 1.82) is 0 Å². The van der Waals surface area contributed by atoms with E-state index in [0.717, 1.165) is 24.8 Å². The quantitative estimate of drug-likeness (QED) is 0.846. The van der Waals surface area contributed by atoms with Gasteiger partial charge in [-0.2, -0.15) is 0 Å². The van der Waals surface area contributed by atoms with Crippen LogP contribution in [-0.2, 0) is 4.79 Å². The Morgan fingerprint density at radius 1 is 1.16 bits per heavy atom. The Balaban J connectivity index is 1.63. The molecule has 3 heteroatoms. The van der Waals surface area contributed by atoms with Crippen molar-refractivity contribution in [3.05, 3.63) is 0 Å².